The second-order valence-electron chi connectivity index (χ2n) is 2.88. The average Bonchev–Trinajstić information content (AvgIpc) is 1.90. The van der Waals surface area contributed by atoms with Gasteiger partial charge in [0.15, 0.2) is 0 Å². The van der Waals surface area contributed by atoms with Gasteiger partial charge in [0.05, 0.1) is 6.17 Å². The summed E-state index contributed by atoms with van der Waals surface area (Å²) in [6.45, 7) is 6.80. The van der Waals surface area contributed by atoms with Crippen molar-refractivity contribution in [2.75, 3.05) is 13.1 Å². The first-order valence-corrected chi connectivity index (χ1v) is 3.79. The fourth-order valence-electron chi connectivity index (χ4n) is 1.12. The lowest BCUT2D eigenvalue weighted by molar-refractivity contribution is 0.303. The van der Waals surface area contributed by atoms with Gasteiger partial charge in [-0.15, -0.1) is 0 Å². The molecule has 0 spiro atoms. The molecule has 54 valence electrons. The van der Waals surface area contributed by atoms with Gasteiger partial charge in [-0.1, -0.05) is 13.8 Å². The molecule has 0 unspecified atom stereocenters. The zero-order valence-electron chi connectivity index (χ0n) is 6.28. The summed E-state index contributed by atoms with van der Waals surface area (Å²) < 4.78 is 0. The van der Waals surface area contributed by atoms with Gasteiger partial charge in [0.1, 0.15) is 0 Å². The lowest BCUT2D eigenvalue weighted by Crippen LogP contribution is -2.51. The Morgan fingerprint density at radius 2 is 1.89 bits per heavy atom. The third-order valence-electron chi connectivity index (χ3n) is 1.83. The van der Waals surface area contributed by atoms with Gasteiger partial charge in [-0.25, -0.2) is 0 Å². The molecular formula is C7H16N2. The third-order valence-corrected chi connectivity index (χ3v) is 1.83. The standard InChI is InChI=1S/C7H16N2/c1-3-7-8-4-6(2)5-9-7/h6-9H,3-5H2,1-2H3. The Kier molecular flexibility index (Phi) is 2.49. The monoisotopic (exact) mass is 128 g/mol. The second kappa shape index (κ2) is 3.18. The summed E-state index contributed by atoms with van der Waals surface area (Å²) in [5, 5.41) is 6.81. The molecule has 1 aliphatic rings. The maximum atomic E-state index is 3.41. The van der Waals surface area contributed by atoms with Gasteiger partial charge in [-0.05, 0) is 12.3 Å². The first-order valence-electron chi connectivity index (χ1n) is 3.79. The molecule has 1 saturated heterocycles. The van der Waals surface area contributed by atoms with Crippen molar-refractivity contribution in [2.45, 2.75) is 26.4 Å². The van der Waals surface area contributed by atoms with Crippen LogP contribution >= 0.6 is 0 Å². The Bertz CT molecular complexity index is 75.0. The summed E-state index contributed by atoms with van der Waals surface area (Å²) in [6.07, 6.45) is 1.76. The van der Waals surface area contributed by atoms with Gasteiger partial charge in [0.2, 0.25) is 0 Å². The van der Waals surface area contributed by atoms with Crippen molar-refractivity contribution in [3.63, 3.8) is 0 Å². The summed E-state index contributed by atoms with van der Waals surface area (Å²) in [7, 11) is 0. The number of nitrogens with one attached hydrogen (secondary N) is 2. The SMILES string of the molecule is CCC1NCC(C)CN1. The fourth-order valence-corrected chi connectivity index (χ4v) is 1.12. The van der Waals surface area contributed by atoms with Crippen molar-refractivity contribution in [1.82, 2.24) is 10.6 Å². The highest BCUT2D eigenvalue weighted by Crippen LogP contribution is 1.98. The van der Waals surface area contributed by atoms with Crippen LogP contribution in [0.5, 0.6) is 0 Å². The van der Waals surface area contributed by atoms with Crippen molar-refractivity contribution >= 4 is 0 Å². The van der Waals surface area contributed by atoms with Gasteiger partial charge in [0.25, 0.3) is 0 Å². The van der Waals surface area contributed by atoms with Gasteiger partial charge < -0.3 is 10.6 Å². The predicted octanol–water partition coefficient (Wildman–Crippen LogP) is 0.551. The number of rotatable bonds is 1. The Morgan fingerprint density at radius 3 is 2.33 bits per heavy atom. The van der Waals surface area contributed by atoms with Crippen LogP contribution in [-0.2, 0) is 0 Å². The molecule has 2 heteroatoms. The maximum Gasteiger partial charge on any atom is 0.0569 e. The minimum absolute atomic E-state index is 0.571. The van der Waals surface area contributed by atoms with Crippen LogP contribution in [-0.4, -0.2) is 19.3 Å². The highest BCUT2D eigenvalue weighted by Gasteiger charge is 2.13. The van der Waals surface area contributed by atoms with Crippen molar-refractivity contribution < 1.29 is 0 Å². The van der Waals surface area contributed by atoms with E-state index < -0.39 is 0 Å². The van der Waals surface area contributed by atoms with E-state index in [1.807, 2.05) is 0 Å². The van der Waals surface area contributed by atoms with E-state index in [4.69, 9.17) is 0 Å². The van der Waals surface area contributed by atoms with Crippen LogP contribution in [0.3, 0.4) is 0 Å². The van der Waals surface area contributed by atoms with Crippen LogP contribution in [0.2, 0.25) is 0 Å². The molecule has 0 radical (unpaired) electrons. The van der Waals surface area contributed by atoms with E-state index >= 15 is 0 Å². The van der Waals surface area contributed by atoms with Crippen molar-refractivity contribution in [2.24, 2.45) is 5.92 Å². The Balaban J connectivity index is 2.18. The van der Waals surface area contributed by atoms with Crippen LogP contribution in [0.4, 0.5) is 0 Å². The molecule has 1 fully saturated rings. The third kappa shape index (κ3) is 1.95. The quantitative estimate of drug-likeness (QED) is 0.539. The highest BCUT2D eigenvalue weighted by atomic mass is 15.1. The van der Waals surface area contributed by atoms with E-state index in [1.165, 1.54) is 19.5 Å². The van der Waals surface area contributed by atoms with Crippen LogP contribution in [0.1, 0.15) is 20.3 Å². The van der Waals surface area contributed by atoms with E-state index in [9.17, 15) is 0 Å². The van der Waals surface area contributed by atoms with E-state index in [-0.39, 0.29) is 0 Å². The molecule has 0 aromatic carbocycles. The van der Waals surface area contributed by atoms with E-state index in [2.05, 4.69) is 24.5 Å². The lowest BCUT2D eigenvalue weighted by Gasteiger charge is -2.28. The zero-order valence-corrected chi connectivity index (χ0v) is 6.28. The van der Waals surface area contributed by atoms with Crippen molar-refractivity contribution in [3.05, 3.63) is 0 Å². The summed E-state index contributed by atoms with van der Waals surface area (Å²) in [5.41, 5.74) is 0. The topological polar surface area (TPSA) is 24.1 Å². The van der Waals surface area contributed by atoms with E-state index in [1.54, 1.807) is 0 Å². The Hall–Kier alpha value is -0.0800. The largest absolute Gasteiger partial charge is 0.302 e. The van der Waals surface area contributed by atoms with E-state index in [0.29, 0.717) is 6.17 Å². The molecule has 1 aliphatic heterocycles. The molecule has 0 saturated carbocycles. The van der Waals surface area contributed by atoms with E-state index in [0.717, 1.165) is 5.92 Å². The molecular weight excluding hydrogens is 112 g/mol. The Morgan fingerprint density at radius 1 is 1.33 bits per heavy atom. The molecule has 9 heavy (non-hydrogen) atoms. The summed E-state index contributed by atoms with van der Waals surface area (Å²) in [6, 6.07) is 0. The molecule has 1 rings (SSSR count). The van der Waals surface area contributed by atoms with Crippen LogP contribution in [0.15, 0.2) is 0 Å². The van der Waals surface area contributed by atoms with Crippen molar-refractivity contribution in [1.29, 1.82) is 0 Å². The van der Waals surface area contributed by atoms with Gasteiger partial charge in [-0.2, -0.15) is 0 Å². The predicted molar refractivity (Wildman–Crippen MR) is 39.2 cm³/mol. The van der Waals surface area contributed by atoms with Gasteiger partial charge >= 0.3 is 0 Å². The molecule has 0 bridgehead atoms. The molecule has 0 amide bonds. The first kappa shape index (κ1) is 7.03. The smallest absolute Gasteiger partial charge is 0.0569 e. The summed E-state index contributed by atoms with van der Waals surface area (Å²) in [4.78, 5) is 0. The molecule has 2 N–H and O–H groups in total. The molecule has 0 aliphatic carbocycles. The average molecular weight is 128 g/mol. The Labute approximate surface area is 57.0 Å². The van der Waals surface area contributed by atoms with Crippen LogP contribution < -0.4 is 10.6 Å². The minimum atomic E-state index is 0.571. The maximum absolute atomic E-state index is 3.41. The van der Waals surface area contributed by atoms with Crippen LogP contribution in [0, 0.1) is 5.92 Å². The molecule has 0 aromatic heterocycles. The first-order chi connectivity index (χ1) is 4.33. The van der Waals surface area contributed by atoms with Gasteiger partial charge in [-0.3, -0.25) is 0 Å². The second-order valence-corrected chi connectivity index (χ2v) is 2.88. The number of hydrogen-bond acceptors (Lipinski definition) is 2. The molecule has 0 aromatic rings. The fraction of sp³-hybridized carbons (Fsp3) is 1.00. The lowest BCUT2D eigenvalue weighted by atomic mass is 10.1. The van der Waals surface area contributed by atoms with Crippen molar-refractivity contribution in [3.8, 4) is 0 Å². The molecule has 1 heterocycles. The van der Waals surface area contributed by atoms with Gasteiger partial charge in [0, 0.05) is 13.1 Å². The normalized spacial score (nSPS) is 36.7. The minimum Gasteiger partial charge on any atom is -0.302 e. The summed E-state index contributed by atoms with van der Waals surface area (Å²) >= 11 is 0. The zero-order chi connectivity index (χ0) is 6.69. The molecule has 2 nitrogen and oxygen atoms in total. The van der Waals surface area contributed by atoms with Crippen LogP contribution in [0.25, 0.3) is 0 Å². The highest BCUT2D eigenvalue weighted by molar-refractivity contribution is 4.72. The molecule has 0 atom stereocenters. The summed E-state index contributed by atoms with van der Waals surface area (Å²) in [5.74, 6) is 0.799. The number of hydrogen-bond donors (Lipinski definition) is 2.